The zero-order valence-corrected chi connectivity index (χ0v) is 16.8. The molecular weight excluding hydrogens is 378 g/mol. The molecule has 0 radical (unpaired) electrons. The lowest BCUT2D eigenvalue weighted by molar-refractivity contribution is -0.118. The van der Waals surface area contributed by atoms with Crippen molar-refractivity contribution >= 4 is 17.5 Å². The fourth-order valence-corrected chi connectivity index (χ4v) is 3.73. The van der Waals surface area contributed by atoms with Crippen LogP contribution in [-0.4, -0.2) is 28.4 Å². The average molecular weight is 401 g/mol. The number of hydrogen-bond acceptors (Lipinski definition) is 4. The van der Waals surface area contributed by atoms with Crippen LogP contribution in [0, 0.1) is 0 Å². The Kier molecular flexibility index (Phi) is 5.48. The Morgan fingerprint density at radius 1 is 1.13 bits per heavy atom. The molecule has 30 heavy (non-hydrogen) atoms. The van der Waals surface area contributed by atoms with Crippen molar-refractivity contribution in [2.24, 2.45) is 0 Å². The van der Waals surface area contributed by atoms with Gasteiger partial charge in [-0.25, -0.2) is 0 Å². The van der Waals surface area contributed by atoms with Gasteiger partial charge in [0.15, 0.2) is 0 Å². The third kappa shape index (κ3) is 3.89. The van der Waals surface area contributed by atoms with Crippen LogP contribution in [0.15, 0.2) is 60.9 Å². The molecule has 2 aromatic carbocycles. The molecule has 0 saturated carbocycles. The Bertz CT molecular complexity index is 1080. The number of aromatic hydroxyl groups is 1. The van der Waals surface area contributed by atoms with Gasteiger partial charge in [-0.05, 0) is 59.0 Å². The van der Waals surface area contributed by atoms with Crippen LogP contribution in [0.4, 0.5) is 5.69 Å². The molecule has 4 rings (SSSR count). The van der Waals surface area contributed by atoms with Gasteiger partial charge in [0.05, 0.1) is 5.69 Å². The molecular formula is C24H23N3O3. The second kappa shape index (κ2) is 8.37. The number of phenolic OH excluding ortho intramolecular Hbond substituents is 1. The normalized spacial score (nSPS) is 12.5. The first-order valence-electron chi connectivity index (χ1n) is 10.0. The molecule has 0 bridgehead atoms. The van der Waals surface area contributed by atoms with Crippen LogP contribution in [0.1, 0.15) is 34.8 Å². The number of nitrogens with one attached hydrogen (secondary N) is 1. The summed E-state index contributed by atoms with van der Waals surface area (Å²) in [6.45, 7) is 2.83. The molecule has 0 aliphatic carbocycles. The Balaban J connectivity index is 1.50. The molecule has 152 valence electrons. The molecule has 6 nitrogen and oxygen atoms in total. The summed E-state index contributed by atoms with van der Waals surface area (Å²) in [4.78, 5) is 30.2. The average Bonchev–Trinajstić information content (AvgIpc) is 3.22. The van der Waals surface area contributed by atoms with Crippen molar-refractivity contribution in [1.82, 2.24) is 10.3 Å². The number of pyridine rings is 1. The summed E-state index contributed by atoms with van der Waals surface area (Å²) in [6.07, 6.45) is 4.54. The molecule has 0 unspecified atom stereocenters. The molecule has 3 aromatic rings. The van der Waals surface area contributed by atoms with E-state index in [1.165, 1.54) is 0 Å². The summed E-state index contributed by atoms with van der Waals surface area (Å²) >= 11 is 0. The lowest BCUT2D eigenvalue weighted by atomic mass is 9.99. The van der Waals surface area contributed by atoms with E-state index in [-0.39, 0.29) is 17.6 Å². The zero-order valence-electron chi connectivity index (χ0n) is 16.8. The van der Waals surface area contributed by atoms with E-state index in [9.17, 15) is 14.7 Å². The quantitative estimate of drug-likeness (QED) is 0.683. The predicted molar refractivity (Wildman–Crippen MR) is 115 cm³/mol. The summed E-state index contributed by atoms with van der Waals surface area (Å²) in [5, 5.41) is 13.4. The van der Waals surface area contributed by atoms with Crippen LogP contribution in [-0.2, 0) is 17.8 Å². The molecule has 0 spiro atoms. The number of aromatic nitrogens is 1. The standard InChI is InChI=1S/C24H23N3O3/c1-2-22(29)27-11-9-19-12-20(13-21(28)23(19)27)17-5-7-18(8-6-17)24(30)26-15-16-4-3-10-25-14-16/h3-8,10,12-14,28H,2,9,11,15H2,1H3,(H,26,30). The zero-order chi connectivity index (χ0) is 21.1. The van der Waals surface area contributed by atoms with E-state index in [2.05, 4.69) is 10.3 Å². The number of carbonyl (C=O) groups excluding carboxylic acids is 2. The first kappa shape index (κ1) is 19.6. The van der Waals surface area contributed by atoms with Crippen LogP contribution in [0.5, 0.6) is 5.75 Å². The largest absolute Gasteiger partial charge is 0.506 e. The van der Waals surface area contributed by atoms with Crippen LogP contribution in [0.3, 0.4) is 0 Å². The van der Waals surface area contributed by atoms with E-state index in [0.717, 1.165) is 28.7 Å². The highest BCUT2D eigenvalue weighted by Gasteiger charge is 2.27. The molecule has 2 heterocycles. The van der Waals surface area contributed by atoms with Gasteiger partial charge in [0.2, 0.25) is 5.91 Å². The minimum atomic E-state index is -0.157. The Labute approximate surface area is 175 Å². The van der Waals surface area contributed by atoms with Crippen molar-refractivity contribution < 1.29 is 14.7 Å². The first-order valence-corrected chi connectivity index (χ1v) is 10.0. The fraction of sp³-hybridized carbons (Fsp3) is 0.208. The molecule has 2 amide bonds. The number of nitrogens with zero attached hydrogens (tertiary/aromatic N) is 2. The lowest BCUT2D eigenvalue weighted by Crippen LogP contribution is -2.27. The molecule has 0 saturated heterocycles. The van der Waals surface area contributed by atoms with Crippen LogP contribution < -0.4 is 10.2 Å². The van der Waals surface area contributed by atoms with Crippen LogP contribution in [0.25, 0.3) is 11.1 Å². The van der Waals surface area contributed by atoms with Crippen molar-refractivity contribution in [1.29, 1.82) is 0 Å². The number of anilines is 1. The summed E-state index contributed by atoms with van der Waals surface area (Å²) in [6, 6.07) is 14.7. The van der Waals surface area contributed by atoms with Crippen molar-refractivity contribution in [3.8, 4) is 16.9 Å². The lowest BCUT2D eigenvalue weighted by Gasteiger charge is -2.18. The number of hydrogen-bond donors (Lipinski definition) is 2. The summed E-state index contributed by atoms with van der Waals surface area (Å²) < 4.78 is 0. The van der Waals surface area contributed by atoms with Gasteiger partial charge in [0.25, 0.3) is 5.91 Å². The molecule has 1 aliphatic rings. The Hall–Kier alpha value is -3.67. The summed E-state index contributed by atoms with van der Waals surface area (Å²) in [7, 11) is 0. The first-order chi connectivity index (χ1) is 14.6. The van der Waals surface area contributed by atoms with Gasteiger partial charge in [-0.2, -0.15) is 0 Å². The smallest absolute Gasteiger partial charge is 0.251 e. The van der Waals surface area contributed by atoms with E-state index >= 15 is 0 Å². The van der Waals surface area contributed by atoms with Gasteiger partial charge in [-0.1, -0.05) is 25.1 Å². The van der Waals surface area contributed by atoms with Crippen LogP contribution >= 0.6 is 0 Å². The van der Waals surface area contributed by atoms with Crippen LogP contribution in [0.2, 0.25) is 0 Å². The number of phenols is 1. The maximum absolute atomic E-state index is 12.4. The van der Waals surface area contributed by atoms with E-state index in [0.29, 0.717) is 30.8 Å². The highest BCUT2D eigenvalue weighted by atomic mass is 16.3. The molecule has 1 aliphatic heterocycles. The third-order valence-corrected chi connectivity index (χ3v) is 5.30. The highest BCUT2D eigenvalue weighted by Crippen LogP contribution is 2.40. The molecule has 0 atom stereocenters. The minimum absolute atomic E-state index is 0.0125. The van der Waals surface area contributed by atoms with Crippen molar-refractivity contribution in [3.63, 3.8) is 0 Å². The predicted octanol–water partition coefficient (Wildman–Crippen LogP) is 3.68. The van der Waals surface area contributed by atoms with E-state index in [4.69, 9.17) is 0 Å². The molecule has 6 heteroatoms. The van der Waals surface area contributed by atoms with E-state index in [1.54, 1.807) is 35.5 Å². The van der Waals surface area contributed by atoms with Crippen molar-refractivity contribution in [2.75, 3.05) is 11.4 Å². The van der Waals surface area contributed by atoms with Gasteiger partial charge in [0, 0.05) is 37.5 Å². The second-order valence-corrected chi connectivity index (χ2v) is 7.27. The number of fused-ring (bicyclic) bond motifs is 1. The third-order valence-electron chi connectivity index (χ3n) is 5.30. The van der Waals surface area contributed by atoms with E-state index < -0.39 is 0 Å². The van der Waals surface area contributed by atoms with Gasteiger partial charge < -0.3 is 15.3 Å². The molecule has 1 aromatic heterocycles. The monoisotopic (exact) mass is 401 g/mol. The summed E-state index contributed by atoms with van der Waals surface area (Å²) in [5.41, 5.74) is 4.85. The Morgan fingerprint density at radius 2 is 1.93 bits per heavy atom. The van der Waals surface area contributed by atoms with Gasteiger partial charge >= 0.3 is 0 Å². The topological polar surface area (TPSA) is 82.5 Å². The van der Waals surface area contributed by atoms with Gasteiger partial charge in [-0.3, -0.25) is 14.6 Å². The second-order valence-electron chi connectivity index (χ2n) is 7.27. The van der Waals surface area contributed by atoms with Crippen molar-refractivity contribution in [2.45, 2.75) is 26.3 Å². The summed E-state index contributed by atoms with van der Waals surface area (Å²) in [5.74, 6) is -0.0329. The minimum Gasteiger partial charge on any atom is -0.506 e. The molecule has 0 fully saturated rings. The highest BCUT2D eigenvalue weighted by molar-refractivity contribution is 5.98. The number of amides is 2. The SMILES string of the molecule is CCC(=O)N1CCc2cc(-c3ccc(C(=O)NCc4cccnc4)cc3)cc(O)c21. The number of rotatable bonds is 5. The number of carbonyl (C=O) groups is 2. The fourth-order valence-electron chi connectivity index (χ4n) is 3.73. The van der Waals surface area contributed by atoms with Gasteiger partial charge in [0.1, 0.15) is 5.75 Å². The number of benzene rings is 2. The van der Waals surface area contributed by atoms with Crippen molar-refractivity contribution in [3.05, 3.63) is 77.6 Å². The van der Waals surface area contributed by atoms with Gasteiger partial charge in [-0.15, -0.1) is 0 Å². The maximum Gasteiger partial charge on any atom is 0.251 e. The van der Waals surface area contributed by atoms with E-state index in [1.807, 2.05) is 37.3 Å². The Morgan fingerprint density at radius 3 is 2.63 bits per heavy atom. The maximum atomic E-state index is 12.4. The molecule has 2 N–H and O–H groups in total.